The van der Waals surface area contributed by atoms with Crippen molar-refractivity contribution in [2.75, 3.05) is 0 Å². The zero-order valence-electron chi connectivity index (χ0n) is 4.69. The van der Waals surface area contributed by atoms with E-state index in [2.05, 4.69) is 8.45 Å². The summed E-state index contributed by atoms with van der Waals surface area (Å²) in [7, 11) is 0. The molecule has 1 rings (SSSR count). The molecular weight excluding hydrogens is 223 g/mol. The van der Waals surface area contributed by atoms with Crippen LogP contribution < -0.4 is 0 Å². The second kappa shape index (κ2) is 3.66. The number of hydrogen-bond donors (Lipinski definition) is 0. The third-order valence-corrected chi connectivity index (χ3v) is 1.18. The van der Waals surface area contributed by atoms with E-state index in [1.165, 1.54) is 0 Å². The van der Waals surface area contributed by atoms with Crippen LogP contribution in [0.1, 0.15) is 0 Å². The Kier molecular flexibility index (Phi) is 2.76. The Morgan fingerprint density at radius 1 is 1.44 bits per heavy atom. The average molecular weight is 228 g/mol. The van der Waals surface area contributed by atoms with Gasteiger partial charge in [-0.2, -0.15) is 0 Å². The minimum absolute atomic E-state index is 0.186. The van der Waals surface area contributed by atoms with Crippen LogP contribution in [0.3, 0.4) is 0 Å². The Morgan fingerprint density at radius 3 is 2.89 bits per heavy atom. The first kappa shape index (κ1) is 6.79. The first-order valence-corrected chi connectivity index (χ1v) is 3.76. The molecule has 0 bridgehead atoms. The maximum absolute atomic E-state index is 5.00. The first-order valence-electron chi connectivity index (χ1n) is 2.49. The summed E-state index contributed by atoms with van der Waals surface area (Å²) in [4.78, 5) is 0. The summed E-state index contributed by atoms with van der Waals surface area (Å²) in [5.74, 6) is 0. The normalized spacial score (nSPS) is 24.8. The van der Waals surface area contributed by atoms with E-state index in [0.717, 1.165) is 22.8 Å². The summed E-state index contributed by atoms with van der Waals surface area (Å²) in [6, 6.07) is 0. The summed E-state index contributed by atoms with van der Waals surface area (Å²) < 4.78 is 8.67. The summed E-state index contributed by atoms with van der Waals surface area (Å²) in [6.07, 6.45) is 6.96. The number of nitrogens with zero attached hydrogens (tertiary/aromatic N) is 2. The molecule has 3 nitrogen and oxygen atoms in total. The van der Waals surface area contributed by atoms with Gasteiger partial charge in [-0.05, 0) is 0 Å². The van der Waals surface area contributed by atoms with Crippen LogP contribution in [0.5, 0.6) is 0 Å². The molecule has 1 unspecified atom stereocenters. The average Bonchev–Trinajstić information content (AvgIpc) is 1.91. The molecule has 1 aliphatic heterocycles. The van der Waals surface area contributed by atoms with Crippen molar-refractivity contribution in [2.45, 2.75) is 6.23 Å². The van der Waals surface area contributed by atoms with Crippen molar-refractivity contribution in [1.29, 1.82) is 0 Å². The van der Waals surface area contributed by atoms with Gasteiger partial charge in [-0.1, -0.05) is 0 Å². The molecule has 0 aliphatic carbocycles. The number of allylic oxidation sites excluding steroid dienone is 2. The van der Waals surface area contributed by atoms with Gasteiger partial charge in [0.1, 0.15) is 0 Å². The third kappa shape index (κ3) is 2.17. The van der Waals surface area contributed by atoms with Crippen molar-refractivity contribution >= 4 is 22.8 Å². The fraction of sp³-hybridized carbons (Fsp3) is 0.200. The Morgan fingerprint density at radius 2 is 2.33 bits per heavy atom. The molecular formula is C5H5N2OSn. The van der Waals surface area contributed by atoms with Crippen molar-refractivity contribution in [1.82, 2.24) is 0 Å². The van der Waals surface area contributed by atoms with Crippen LogP contribution in [0.15, 0.2) is 32.9 Å². The molecule has 0 aromatic carbocycles. The van der Waals surface area contributed by atoms with Gasteiger partial charge in [-0.25, -0.2) is 0 Å². The van der Waals surface area contributed by atoms with Crippen LogP contribution in [-0.4, -0.2) is 29.0 Å². The standard InChI is InChI=1S/C5H5N2O.Sn/c6-7-5-3-1-2-4-8-5;/h1-5H;/q-1;+1. The van der Waals surface area contributed by atoms with Crippen LogP contribution in [0.2, 0.25) is 0 Å². The summed E-state index contributed by atoms with van der Waals surface area (Å²) in [5.41, 5.74) is 0. The predicted molar refractivity (Wildman–Crippen MR) is 33.8 cm³/mol. The number of ether oxygens (including phenoxy) is 1. The first-order chi connectivity index (χ1) is 4.43. The van der Waals surface area contributed by atoms with E-state index >= 15 is 0 Å². The monoisotopic (exact) mass is 229 g/mol. The molecule has 0 aromatic heterocycles. The fourth-order valence-corrected chi connectivity index (χ4v) is 0.823. The van der Waals surface area contributed by atoms with E-state index in [9.17, 15) is 0 Å². The van der Waals surface area contributed by atoms with Gasteiger partial charge >= 0.3 is 66.7 Å². The number of hydrogen-bond acceptors (Lipinski definition) is 3. The quantitative estimate of drug-likeness (QED) is 0.485. The van der Waals surface area contributed by atoms with Gasteiger partial charge in [0.2, 0.25) is 0 Å². The fourth-order valence-electron chi connectivity index (χ4n) is 0.498. The molecule has 0 N–H and O–H groups in total. The SMILES string of the molecule is [Sn][N]=NC1C=CC=CO1. The van der Waals surface area contributed by atoms with Crippen LogP contribution in [0, 0.1) is 0 Å². The van der Waals surface area contributed by atoms with Crippen molar-refractivity contribution < 1.29 is 4.74 Å². The Hall–Kier alpha value is -0.321. The minimum atomic E-state index is -0.186. The van der Waals surface area contributed by atoms with Gasteiger partial charge in [-0.15, -0.1) is 0 Å². The zero-order valence-corrected chi connectivity index (χ0v) is 7.54. The van der Waals surface area contributed by atoms with Crippen LogP contribution in [-0.2, 0) is 4.74 Å². The molecule has 0 saturated carbocycles. The topological polar surface area (TPSA) is 34.0 Å². The second-order valence-corrected chi connectivity index (χ2v) is 2.03. The van der Waals surface area contributed by atoms with E-state index < -0.39 is 0 Å². The van der Waals surface area contributed by atoms with Crippen molar-refractivity contribution in [3.63, 3.8) is 0 Å². The predicted octanol–water partition coefficient (Wildman–Crippen LogP) is 0.948. The van der Waals surface area contributed by atoms with Crippen LogP contribution in [0.25, 0.3) is 0 Å². The summed E-state index contributed by atoms with van der Waals surface area (Å²) in [5, 5.41) is 3.79. The molecule has 9 heavy (non-hydrogen) atoms. The van der Waals surface area contributed by atoms with Gasteiger partial charge in [0, 0.05) is 0 Å². The third-order valence-electron chi connectivity index (χ3n) is 0.855. The van der Waals surface area contributed by atoms with Crippen LogP contribution in [0.4, 0.5) is 0 Å². The molecule has 0 aromatic rings. The van der Waals surface area contributed by atoms with Crippen molar-refractivity contribution in [3.8, 4) is 0 Å². The van der Waals surface area contributed by atoms with E-state index in [1.807, 2.05) is 18.2 Å². The van der Waals surface area contributed by atoms with E-state index in [-0.39, 0.29) is 6.23 Å². The van der Waals surface area contributed by atoms with Gasteiger partial charge in [0.25, 0.3) is 0 Å². The molecule has 1 aliphatic rings. The Bertz CT molecular complexity index is 164. The summed E-state index contributed by atoms with van der Waals surface area (Å²) >= 11 is 1.05. The molecule has 4 heteroatoms. The van der Waals surface area contributed by atoms with E-state index in [0.29, 0.717) is 0 Å². The molecule has 1 atom stereocenters. The molecule has 0 fully saturated rings. The van der Waals surface area contributed by atoms with Crippen molar-refractivity contribution in [3.05, 3.63) is 24.5 Å². The maximum atomic E-state index is 5.00. The molecule has 0 amide bonds. The molecule has 1 heterocycles. The second-order valence-electron chi connectivity index (χ2n) is 1.46. The molecule has 45 valence electrons. The van der Waals surface area contributed by atoms with Gasteiger partial charge in [0.05, 0.1) is 0 Å². The van der Waals surface area contributed by atoms with E-state index in [1.54, 1.807) is 6.26 Å². The Labute approximate surface area is 66.9 Å². The number of rotatable bonds is 1. The molecule has 0 spiro atoms. The summed E-state index contributed by atoms with van der Waals surface area (Å²) in [6.45, 7) is 0. The Balaban J connectivity index is 2.46. The van der Waals surface area contributed by atoms with Gasteiger partial charge in [0.15, 0.2) is 0 Å². The zero-order chi connectivity index (χ0) is 6.53. The molecule has 0 saturated heterocycles. The van der Waals surface area contributed by atoms with E-state index in [4.69, 9.17) is 4.74 Å². The van der Waals surface area contributed by atoms with Crippen molar-refractivity contribution in [2.24, 2.45) is 8.45 Å². The van der Waals surface area contributed by atoms with Gasteiger partial charge < -0.3 is 0 Å². The van der Waals surface area contributed by atoms with Gasteiger partial charge in [-0.3, -0.25) is 0 Å². The van der Waals surface area contributed by atoms with Crippen LogP contribution >= 0.6 is 0 Å². The molecule has 3 radical (unpaired) electrons.